The molecule has 6 nitrogen and oxygen atoms in total. The predicted octanol–water partition coefficient (Wildman–Crippen LogP) is 1.71. The molecule has 0 amide bonds. The van der Waals surface area contributed by atoms with Crippen molar-refractivity contribution >= 4 is 16.9 Å². The molecule has 0 atom stereocenters. The minimum absolute atomic E-state index is 0.533. The molecule has 1 aliphatic heterocycles. The van der Waals surface area contributed by atoms with Crippen LogP contribution in [0, 0.1) is 0 Å². The maximum atomic E-state index is 6.01. The van der Waals surface area contributed by atoms with E-state index in [-0.39, 0.29) is 0 Å². The van der Waals surface area contributed by atoms with Gasteiger partial charge in [-0.15, -0.1) is 0 Å². The van der Waals surface area contributed by atoms with Gasteiger partial charge in [0.25, 0.3) is 0 Å². The van der Waals surface area contributed by atoms with Crippen LogP contribution >= 0.6 is 0 Å². The van der Waals surface area contributed by atoms with Crippen molar-refractivity contribution in [3.63, 3.8) is 0 Å². The number of nitrogens with two attached hydrogens (primary N) is 1. The number of nitrogen functional groups attached to an aromatic ring is 1. The SMILES string of the molecule is Cn1ncc2c(N)nc(CN3CCCCCCC3)nc21. The first kappa shape index (κ1) is 13.3. The van der Waals surface area contributed by atoms with E-state index < -0.39 is 0 Å². The topological polar surface area (TPSA) is 72.9 Å². The van der Waals surface area contributed by atoms with Crippen LogP contribution in [0.25, 0.3) is 11.0 Å². The molecule has 3 heterocycles. The molecule has 2 aromatic heterocycles. The number of aryl methyl sites for hydroxylation is 1. The lowest BCUT2D eigenvalue weighted by atomic mass is 10.1. The Bertz CT molecular complexity index is 583. The van der Waals surface area contributed by atoms with Crippen molar-refractivity contribution in [1.82, 2.24) is 24.6 Å². The molecule has 0 spiro atoms. The highest BCUT2D eigenvalue weighted by Gasteiger charge is 2.13. The Hall–Kier alpha value is -1.69. The number of hydrogen-bond acceptors (Lipinski definition) is 5. The van der Waals surface area contributed by atoms with Gasteiger partial charge in [0.05, 0.1) is 18.1 Å². The third kappa shape index (κ3) is 2.75. The van der Waals surface area contributed by atoms with Gasteiger partial charge in [0.15, 0.2) is 5.65 Å². The normalized spacial score (nSPS) is 18.1. The summed E-state index contributed by atoms with van der Waals surface area (Å²) < 4.78 is 1.75. The van der Waals surface area contributed by atoms with Crippen LogP contribution in [0.4, 0.5) is 5.82 Å². The van der Waals surface area contributed by atoms with Gasteiger partial charge in [-0.25, -0.2) is 9.97 Å². The summed E-state index contributed by atoms with van der Waals surface area (Å²) in [5, 5.41) is 5.03. The van der Waals surface area contributed by atoms with Crippen LogP contribution in [0.5, 0.6) is 0 Å². The number of anilines is 1. The van der Waals surface area contributed by atoms with Gasteiger partial charge in [-0.2, -0.15) is 5.10 Å². The monoisotopic (exact) mass is 274 g/mol. The molecule has 2 aromatic rings. The number of hydrogen-bond donors (Lipinski definition) is 1. The Morgan fingerprint density at radius 3 is 2.55 bits per heavy atom. The van der Waals surface area contributed by atoms with Crippen LogP contribution in [0.3, 0.4) is 0 Å². The summed E-state index contributed by atoms with van der Waals surface area (Å²) in [6.07, 6.45) is 8.30. The predicted molar refractivity (Wildman–Crippen MR) is 79.1 cm³/mol. The first-order chi connectivity index (χ1) is 9.74. The Labute approximate surface area is 119 Å². The number of fused-ring (bicyclic) bond motifs is 1. The van der Waals surface area contributed by atoms with E-state index in [1.54, 1.807) is 10.9 Å². The number of likely N-dealkylation sites (tertiary alicyclic amines) is 1. The summed E-state index contributed by atoms with van der Waals surface area (Å²) in [6, 6.07) is 0. The fourth-order valence-electron chi connectivity index (χ4n) is 2.83. The molecule has 1 saturated heterocycles. The average molecular weight is 274 g/mol. The van der Waals surface area contributed by atoms with Gasteiger partial charge in [-0.3, -0.25) is 9.58 Å². The van der Waals surface area contributed by atoms with Crippen LogP contribution in [0.15, 0.2) is 6.20 Å². The molecule has 1 fully saturated rings. The second-order valence-corrected chi connectivity index (χ2v) is 5.57. The Kier molecular flexibility index (Phi) is 3.82. The number of aromatic nitrogens is 4. The van der Waals surface area contributed by atoms with Crippen LogP contribution in [-0.2, 0) is 13.6 Å². The fourth-order valence-corrected chi connectivity index (χ4v) is 2.83. The van der Waals surface area contributed by atoms with Gasteiger partial charge in [-0.1, -0.05) is 19.3 Å². The van der Waals surface area contributed by atoms with Crippen LogP contribution in [0.1, 0.15) is 37.9 Å². The maximum absolute atomic E-state index is 6.01. The molecule has 0 radical (unpaired) electrons. The molecule has 108 valence electrons. The lowest BCUT2D eigenvalue weighted by molar-refractivity contribution is 0.235. The third-order valence-corrected chi connectivity index (χ3v) is 3.98. The van der Waals surface area contributed by atoms with E-state index in [4.69, 9.17) is 5.73 Å². The molecule has 0 aromatic carbocycles. The van der Waals surface area contributed by atoms with Crippen molar-refractivity contribution in [3.05, 3.63) is 12.0 Å². The minimum atomic E-state index is 0.533. The molecule has 0 saturated carbocycles. The summed E-state index contributed by atoms with van der Waals surface area (Å²) in [6.45, 7) is 3.05. The molecule has 2 N–H and O–H groups in total. The van der Waals surface area contributed by atoms with Crippen LogP contribution in [0.2, 0.25) is 0 Å². The zero-order valence-corrected chi connectivity index (χ0v) is 12.0. The summed E-state index contributed by atoms with van der Waals surface area (Å²) >= 11 is 0. The van der Waals surface area contributed by atoms with Crippen LogP contribution < -0.4 is 5.73 Å². The highest BCUT2D eigenvalue weighted by Crippen LogP contribution is 2.18. The van der Waals surface area contributed by atoms with Crippen molar-refractivity contribution in [2.24, 2.45) is 7.05 Å². The second-order valence-electron chi connectivity index (χ2n) is 5.57. The lowest BCUT2D eigenvalue weighted by Crippen LogP contribution is -2.28. The Morgan fingerprint density at radius 2 is 1.80 bits per heavy atom. The van der Waals surface area contributed by atoms with E-state index in [1.165, 1.54) is 32.1 Å². The standard InChI is InChI=1S/C14H22N6/c1-19-14-11(9-16-19)13(15)17-12(18-14)10-20-7-5-3-2-4-6-8-20/h9H,2-8,10H2,1H3,(H2,15,17,18). The summed E-state index contributed by atoms with van der Waals surface area (Å²) in [4.78, 5) is 11.5. The molecule has 0 unspecified atom stereocenters. The van der Waals surface area contributed by atoms with Crippen molar-refractivity contribution in [1.29, 1.82) is 0 Å². The second kappa shape index (κ2) is 5.75. The maximum Gasteiger partial charge on any atom is 0.163 e. The fraction of sp³-hybridized carbons (Fsp3) is 0.643. The van der Waals surface area contributed by atoms with Gasteiger partial charge < -0.3 is 5.73 Å². The quantitative estimate of drug-likeness (QED) is 0.902. The summed E-state index contributed by atoms with van der Waals surface area (Å²) in [5.41, 5.74) is 6.83. The van der Waals surface area contributed by atoms with Gasteiger partial charge in [0, 0.05) is 7.05 Å². The van der Waals surface area contributed by atoms with E-state index in [1.807, 2.05) is 7.05 Å². The smallest absolute Gasteiger partial charge is 0.163 e. The van der Waals surface area contributed by atoms with E-state index >= 15 is 0 Å². The Morgan fingerprint density at radius 1 is 1.10 bits per heavy atom. The van der Waals surface area contributed by atoms with Crippen molar-refractivity contribution < 1.29 is 0 Å². The first-order valence-corrected chi connectivity index (χ1v) is 7.40. The third-order valence-electron chi connectivity index (χ3n) is 3.98. The average Bonchev–Trinajstić information content (AvgIpc) is 2.75. The number of rotatable bonds is 2. The van der Waals surface area contributed by atoms with Crippen molar-refractivity contribution in [2.45, 2.75) is 38.6 Å². The van der Waals surface area contributed by atoms with Gasteiger partial charge in [-0.05, 0) is 25.9 Å². The van der Waals surface area contributed by atoms with Crippen LogP contribution in [-0.4, -0.2) is 37.7 Å². The van der Waals surface area contributed by atoms with E-state index in [0.29, 0.717) is 5.82 Å². The lowest BCUT2D eigenvalue weighted by Gasteiger charge is -2.23. The molecule has 1 aliphatic rings. The largest absolute Gasteiger partial charge is 0.383 e. The molecular formula is C14H22N6. The molecule has 0 aliphatic carbocycles. The van der Waals surface area contributed by atoms with E-state index in [9.17, 15) is 0 Å². The van der Waals surface area contributed by atoms with Gasteiger partial charge in [0.2, 0.25) is 0 Å². The highest BCUT2D eigenvalue weighted by molar-refractivity contribution is 5.84. The Balaban J connectivity index is 1.80. The zero-order valence-electron chi connectivity index (χ0n) is 12.0. The molecule has 3 rings (SSSR count). The minimum Gasteiger partial charge on any atom is -0.383 e. The zero-order chi connectivity index (χ0) is 13.9. The molecule has 6 heteroatoms. The van der Waals surface area contributed by atoms with Gasteiger partial charge in [0.1, 0.15) is 11.6 Å². The van der Waals surface area contributed by atoms with Crippen molar-refractivity contribution in [3.8, 4) is 0 Å². The van der Waals surface area contributed by atoms with Crippen molar-refractivity contribution in [2.75, 3.05) is 18.8 Å². The molecular weight excluding hydrogens is 252 g/mol. The molecule has 20 heavy (non-hydrogen) atoms. The summed E-state index contributed by atoms with van der Waals surface area (Å²) in [7, 11) is 1.88. The van der Waals surface area contributed by atoms with E-state index in [2.05, 4.69) is 20.0 Å². The van der Waals surface area contributed by atoms with Gasteiger partial charge >= 0.3 is 0 Å². The number of nitrogens with zero attached hydrogens (tertiary/aromatic N) is 5. The van der Waals surface area contributed by atoms with E-state index in [0.717, 1.165) is 36.5 Å². The molecule has 0 bridgehead atoms. The first-order valence-electron chi connectivity index (χ1n) is 7.40. The summed E-state index contributed by atoms with van der Waals surface area (Å²) in [5.74, 6) is 1.34. The highest BCUT2D eigenvalue weighted by atomic mass is 15.3.